The van der Waals surface area contributed by atoms with Crippen LogP contribution in [0.5, 0.6) is 0 Å². The van der Waals surface area contributed by atoms with Crippen LogP contribution in [0.4, 0.5) is 11.4 Å². The van der Waals surface area contributed by atoms with E-state index in [1.165, 1.54) is 22.1 Å². The van der Waals surface area contributed by atoms with Crippen LogP contribution < -0.4 is 10.2 Å². The lowest BCUT2D eigenvalue weighted by molar-refractivity contribution is -0.126. The van der Waals surface area contributed by atoms with Crippen molar-refractivity contribution in [3.63, 3.8) is 0 Å². The molecule has 1 atom stereocenters. The monoisotopic (exact) mass is 347 g/mol. The number of carbonyl (C=O) groups is 2. The highest BCUT2D eigenvalue weighted by Gasteiger charge is 2.43. The van der Waals surface area contributed by atoms with E-state index in [0.29, 0.717) is 11.4 Å². The summed E-state index contributed by atoms with van der Waals surface area (Å²) in [4.78, 5) is 26.8. The molecule has 0 spiro atoms. The Morgan fingerprint density at radius 2 is 2.04 bits per heavy atom. The molecule has 2 aromatic rings. The molecule has 2 amide bonds. The molecule has 1 aromatic heterocycles. The van der Waals surface area contributed by atoms with Crippen LogP contribution >= 0.6 is 0 Å². The zero-order valence-corrected chi connectivity index (χ0v) is 14.3. The van der Waals surface area contributed by atoms with Gasteiger partial charge in [0.1, 0.15) is 18.4 Å². The minimum Gasteiger partial charge on any atom is -0.322 e. The van der Waals surface area contributed by atoms with E-state index in [9.17, 15) is 13.8 Å². The van der Waals surface area contributed by atoms with Crippen LogP contribution in [0, 0.1) is 0 Å². The number of hydrogen-bond acceptors (Lipinski definition) is 5. The van der Waals surface area contributed by atoms with E-state index in [1.54, 1.807) is 38.1 Å². The molecule has 8 nitrogen and oxygen atoms in total. The molecule has 2 heterocycles. The lowest BCUT2D eigenvalue weighted by Crippen LogP contribution is -2.59. The summed E-state index contributed by atoms with van der Waals surface area (Å²) >= 11 is 0. The molecule has 1 N–H and O–H groups in total. The molecule has 9 heteroatoms. The third kappa shape index (κ3) is 2.60. The fourth-order valence-corrected chi connectivity index (χ4v) is 3.29. The number of anilines is 2. The third-order valence-electron chi connectivity index (χ3n) is 3.90. The van der Waals surface area contributed by atoms with E-state index >= 15 is 0 Å². The van der Waals surface area contributed by atoms with Gasteiger partial charge in [0.05, 0.1) is 22.2 Å². The van der Waals surface area contributed by atoms with Crippen molar-refractivity contribution in [1.82, 2.24) is 14.8 Å². The van der Waals surface area contributed by atoms with E-state index in [0.717, 1.165) is 0 Å². The van der Waals surface area contributed by atoms with Crippen LogP contribution in [0.3, 0.4) is 0 Å². The molecule has 0 saturated heterocycles. The first-order valence-electron chi connectivity index (χ1n) is 7.27. The van der Waals surface area contributed by atoms with Gasteiger partial charge in [-0.2, -0.15) is 0 Å². The average Bonchev–Trinajstić information content (AvgIpc) is 2.96. The topological polar surface area (TPSA) is 97.2 Å². The molecule has 0 radical (unpaired) electrons. The van der Waals surface area contributed by atoms with E-state index < -0.39 is 16.3 Å². The molecule has 0 aliphatic carbocycles. The maximum atomic E-state index is 12.9. The number of fused-ring (bicyclic) bond motifs is 1. The Labute approximate surface area is 141 Å². The highest BCUT2D eigenvalue weighted by molar-refractivity contribution is 7.84. The molecule has 0 unspecified atom stereocenters. The maximum absolute atomic E-state index is 12.9. The van der Waals surface area contributed by atoms with Gasteiger partial charge in [-0.1, -0.05) is 12.1 Å². The van der Waals surface area contributed by atoms with Gasteiger partial charge < -0.3 is 5.32 Å². The average molecular weight is 347 g/mol. The lowest BCUT2D eigenvalue weighted by atomic mass is 9.96. The van der Waals surface area contributed by atoms with Gasteiger partial charge in [0.2, 0.25) is 17.0 Å². The van der Waals surface area contributed by atoms with Crippen LogP contribution in [0.2, 0.25) is 0 Å². The quantitative estimate of drug-likeness (QED) is 0.885. The van der Waals surface area contributed by atoms with Gasteiger partial charge >= 0.3 is 0 Å². The molecule has 126 valence electrons. The molecule has 1 aromatic carbocycles. The van der Waals surface area contributed by atoms with Gasteiger partial charge in [-0.25, -0.2) is 0 Å². The van der Waals surface area contributed by atoms with Gasteiger partial charge in [0, 0.05) is 6.26 Å². The molecule has 1 aliphatic rings. The minimum absolute atomic E-state index is 0.104. The molecule has 3 rings (SSSR count). The third-order valence-corrected chi connectivity index (χ3v) is 4.73. The van der Waals surface area contributed by atoms with Crippen molar-refractivity contribution in [2.45, 2.75) is 31.1 Å². The predicted octanol–water partition coefficient (Wildman–Crippen LogP) is 0.779. The van der Waals surface area contributed by atoms with Gasteiger partial charge in [-0.15, -0.1) is 10.2 Å². The van der Waals surface area contributed by atoms with E-state index in [-0.39, 0.29) is 23.5 Å². The standard InChI is InChI=1S/C15H17N5O3S/c1-15(2)13(22)17-10-6-4-5-7-11(10)20(15)12(21)8-19-9-16-18-14(19)24(3)23/h4-7,9H,8H2,1-3H3,(H,17,22)/t24-/m0/s1. The second-order valence-electron chi connectivity index (χ2n) is 5.95. The van der Waals surface area contributed by atoms with Crippen molar-refractivity contribution in [3.8, 4) is 0 Å². The van der Waals surface area contributed by atoms with Crippen molar-refractivity contribution in [3.05, 3.63) is 30.6 Å². The molecular weight excluding hydrogens is 330 g/mol. The Balaban J connectivity index is 2.00. The highest BCUT2D eigenvalue weighted by atomic mass is 32.2. The Morgan fingerprint density at radius 1 is 1.33 bits per heavy atom. The van der Waals surface area contributed by atoms with Gasteiger partial charge in [-0.05, 0) is 26.0 Å². The number of para-hydroxylation sites is 2. The Bertz CT molecular complexity index is 845. The summed E-state index contributed by atoms with van der Waals surface area (Å²) in [5, 5.41) is 10.5. The minimum atomic E-state index is -1.36. The van der Waals surface area contributed by atoms with Crippen molar-refractivity contribution in [1.29, 1.82) is 0 Å². The summed E-state index contributed by atoms with van der Waals surface area (Å²) < 4.78 is 13.1. The molecular formula is C15H17N5O3S. The summed E-state index contributed by atoms with van der Waals surface area (Å²) in [7, 11) is -1.36. The first kappa shape index (κ1) is 16.3. The first-order valence-corrected chi connectivity index (χ1v) is 8.83. The highest BCUT2D eigenvalue weighted by Crippen LogP contribution is 2.36. The van der Waals surface area contributed by atoms with Crippen LogP contribution in [0.15, 0.2) is 35.7 Å². The second-order valence-corrected chi connectivity index (χ2v) is 7.23. The molecule has 24 heavy (non-hydrogen) atoms. The fraction of sp³-hybridized carbons (Fsp3) is 0.333. The number of amides is 2. The number of nitrogens with zero attached hydrogens (tertiary/aromatic N) is 4. The number of rotatable bonds is 3. The van der Waals surface area contributed by atoms with Crippen LogP contribution in [0.1, 0.15) is 13.8 Å². The van der Waals surface area contributed by atoms with Crippen molar-refractivity contribution >= 4 is 34.0 Å². The number of nitrogens with one attached hydrogen (secondary N) is 1. The second kappa shape index (κ2) is 5.82. The number of benzene rings is 1. The van der Waals surface area contributed by atoms with Crippen LogP contribution in [-0.2, 0) is 26.9 Å². The largest absolute Gasteiger partial charge is 0.322 e. The van der Waals surface area contributed by atoms with Gasteiger partial charge in [0.15, 0.2) is 0 Å². The molecule has 0 bridgehead atoms. The maximum Gasteiger partial charge on any atom is 0.250 e. The smallest absolute Gasteiger partial charge is 0.250 e. The zero-order valence-electron chi connectivity index (χ0n) is 13.5. The molecule has 0 fully saturated rings. The Morgan fingerprint density at radius 3 is 2.75 bits per heavy atom. The number of carbonyl (C=O) groups excluding carboxylic acids is 2. The van der Waals surface area contributed by atoms with E-state index in [4.69, 9.17) is 0 Å². The van der Waals surface area contributed by atoms with Gasteiger partial charge in [0.25, 0.3) is 0 Å². The van der Waals surface area contributed by atoms with Crippen molar-refractivity contribution in [2.24, 2.45) is 0 Å². The number of aromatic nitrogens is 3. The normalized spacial score (nSPS) is 17.1. The van der Waals surface area contributed by atoms with Gasteiger partial charge in [-0.3, -0.25) is 23.3 Å². The van der Waals surface area contributed by atoms with Crippen LogP contribution in [0.25, 0.3) is 0 Å². The fourth-order valence-electron chi connectivity index (χ4n) is 2.69. The first-order chi connectivity index (χ1) is 11.3. The summed E-state index contributed by atoms with van der Waals surface area (Å²) in [6.07, 6.45) is 2.83. The SMILES string of the molecule is C[S@](=O)c1nncn1CC(=O)N1c2ccccc2NC(=O)C1(C)C. The Hall–Kier alpha value is -2.55. The Kier molecular flexibility index (Phi) is 3.96. The zero-order chi connectivity index (χ0) is 17.5. The summed E-state index contributed by atoms with van der Waals surface area (Å²) in [5.74, 6) is -0.577. The van der Waals surface area contributed by atoms with Crippen molar-refractivity contribution in [2.75, 3.05) is 16.5 Å². The molecule has 0 saturated carbocycles. The number of hydrogen-bond donors (Lipinski definition) is 1. The van der Waals surface area contributed by atoms with E-state index in [1.807, 2.05) is 0 Å². The predicted molar refractivity (Wildman–Crippen MR) is 89.0 cm³/mol. The molecule has 1 aliphatic heterocycles. The lowest BCUT2D eigenvalue weighted by Gasteiger charge is -2.42. The van der Waals surface area contributed by atoms with E-state index in [2.05, 4.69) is 15.5 Å². The summed E-state index contributed by atoms with van der Waals surface area (Å²) in [5.41, 5.74) is 0.155. The summed E-state index contributed by atoms with van der Waals surface area (Å²) in [6.45, 7) is 3.26. The van der Waals surface area contributed by atoms with Crippen molar-refractivity contribution < 1.29 is 13.8 Å². The summed E-state index contributed by atoms with van der Waals surface area (Å²) in [6, 6.07) is 7.11. The van der Waals surface area contributed by atoms with Crippen LogP contribution in [-0.4, -0.2) is 42.6 Å².